The van der Waals surface area contributed by atoms with E-state index in [4.69, 9.17) is 0 Å². The minimum Gasteiger partial charge on any atom is -0.341 e. The van der Waals surface area contributed by atoms with Gasteiger partial charge in [0, 0.05) is 23.9 Å². The molecule has 2 N–H and O–H groups in total. The van der Waals surface area contributed by atoms with Gasteiger partial charge in [-0.05, 0) is 12.5 Å². The Morgan fingerprint density at radius 3 is 2.83 bits per heavy atom. The molecule has 0 bridgehead atoms. The van der Waals surface area contributed by atoms with E-state index in [0.717, 1.165) is 5.69 Å². The number of aromatic amines is 2. The maximum absolute atomic E-state index is 11.5. The molecule has 3 rings (SSSR count). The quantitative estimate of drug-likeness (QED) is 0.321. The maximum Gasteiger partial charge on any atom is 0.271 e. The number of aryl methyl sites for hydroxylation is 1. The van der Waals surface area contributed by atoms with Crippen molar-refractivity contribution < 1.29 is 4.92 Å². The van der Waals surface area contributed by atoms with Crippen molar-refractivity contribution in [1.82, 2.24) is 19.9 Å². The highest BCUT2D eigenvalue weighted by Crippen LogP contribution is 2.22. The Bertz CT molecular complexity index is 934. The number of hydrogen-bond acceptors (Lipinski definition) is 6. The summed E-state index contributed by atoms with van der Waals surface area (Å²) in [6, 6.07) is 5.96. The Balaban J connectivity index is 1.80. The van der Waals surface area contributed by atoms with Crippen molar-refractivity contribution >= 4 is 28.5 Å². The van der Waals surface area contributed by atoms with Crippen LogP contribution in [0.3, 0.4) is 0 Å². The van der Waals surface area contributed by atoms with E-state index in [9.17, 15) is 14.9 Å². The second-order valence-electron chi connectivity index (χ2n) is 4.83. The first-order valence-corrected chi connectivity index (χ1v) is 7.90. The summed E-state index contributed by atoms with van der Waals surface area (Å²) in [5, 5.41) is 11.3. The average molecular weight is 331 g/mol. The third-order valence-corrected chi connectivity index (χ3v) is 4.09. The zero-order valence-corrected chi connectivity index (χ0v) is 13.0. The highest BCUT2D eigenvalue weighted by Gasteiger charge is 2.10. The lowest BCUT2D eigenvalue weighted by molar-refractivity contribution is -0.384. The van der Waals surface area contributed by atoms with Gasteiger partial charge in [-0.1, -0.05) is 18.7 Å². The fourth-order valence-corrected chi connectivity index (χ4v) is 2.87. The van der Waals surface area contributed by atoms with Gasteiger partial charge in [0.25, 0.3) is 11.2 Å². The third kappa shape index (κ3) is 3.39. The van der Waals surface area contributed by atoms with Crippen molar-refractivity contribution in [2.24, 2.45) is 0 Å². The lowest BCUT2D eigenvalue weighted by atomic mass is 10.3. The summed E-state index contributed by atoms with van der Waals surface area (Å²) < 4.78 is 0. The number of non-ortho nitro benzene ring substituents is 1. The zero-order valence-electron chi connectivity index (χ0n) is 12.2. The van der Waals surface area contributed by atoms with Crippen LogP contribution in [-0.2, 0) is 12.2 Å². The van der Waals surface area contributed by atoms with Crippen molar-refractivity contribution in [3.05, 3.63) is 56.3 Å². The summed E-state index contributed by atoms with van der Waals surface area (Å²) in [5.41, 5.74) is 1.84. The van der Waals surface area contributed by atoms with Crippen LogP contribution in [0.4, 0.5) is 5.69 Å². The van der Waals surface area contributed by atoms with E-state index in [-0.39, 0.29) is 11.2 Å². The standard InChI is InChI=1S/C14H13N5O3S/c1-2-8-5-13(20)18-14(15-8)23-7-12-16-10-4-3-9(19(21)22)6-11(10)17-12/h3-6H,2,7H2,1H3,(H,16,17)(H,15,18,20). The van der Waals surface area contributed by atoms with Gasteiger partial charge in [0.1, 0.15) is 5.82 Å². The number of nitro groups is 1. The fourth-order valence-electron chi connectivity index (χ4n) is 2.10. The highest BCUT2D eigenvalue weighted by molar-refractivity contribution is 7.98. The largest absolute Gasteiger partial charge is 0.341 e. The molecule has 0 saturated carbocycles. The monoisotopic (exact) mass is 331 g/mol. The summed E-state index contributed by atoms with van der Waals surface area (Å²) in [4.78, 5) is 36.3. The van der Waals surface area contributed by atoms with Gasteiger partial charge in [-0.3, -0.25) is 14.9 Å². The first kappa shape index (κ1) is 15.2. The second kappa shape index (κ2) is 6.21. The summed E-state index contributed by atoms with van der Waals surface area (Å²) in [6.07, 6.45) is 0.686. The number of benzene rings is 1. The van der Waals surface area contributed by atoms with Crippen LogP contribution >= 0.6 is 11.8 Å². The fraction of sp³-hybridized carbons (Fsp3) is 0.214. The molecule has 0 aliphatic rings. The second-order valence-corrected chi connectivity index (χ2v) is 5.79. The molecule has 0 spiro atoms. The number of rotatable bonds is 5. The van der Waals surface area contributed by atoms with Gasteiger partial charge in [-0.2, -0.15) is 0 Å². The van der Waals surface area contributed by atoms with Gasteiger partial charge in [-0.25, -0.2) is 9.97 Å². The highest BCUT2D eigenvalue weighted by atomic mass is 32.2. The van der Waals surface area contributed by atoms with Crippen LogP contribution in [0.1, 0.15) is 18.4 Å². The molecular formula is C14H13N5O3S. The van der Waals surface area contributed by atoms with Gasteiger partial charge in [0.15, 0.2) is 5.16 Å². The van der Waals surface area contributed by atoms with Crippen LogP contribution in [-0.4, -0.2) is 24.9 Å². The Morgan fingerprint density at radius 1 is 1.26 bits per heavy atom. The third-order valence-electron chi connectivity index (χ3n) is 3.21. The lowest BCUT2D eigenvalue weighted by Crippen LogP contribution is -2.09. The molecule has 0 atom stereocenters. The molecule has 0 radical (unpaired) electrons. The van der Waals surface area contributed by atoms with Crippen LogP contribution in [0, 0.1) is 10.1 Å². The molecule has 0 saturated heterocycles. The molecule has 0 fully saturated rings. The number of nitrogens with zero attached hydrogens (tertiary/aromatic N) is 3. The normalized spacial score (nSPS) is 11.0. The maximum atomic E-state index is 11.5. The molecule has 0 aliphatic heterocycles. The summed E-state index contributed by atoms with van der Waals surface area (Å²) >= 11 is 1.35. The lowest BCUT2D eigenvalue weighted by Gasteiger charge is -2.00. The molecule has 118 valence electrons. The van der Waals surface area contributed by atoms with Gasteiger partial charge in [0.05, 0.1) is 21.7 Å². The minimum atomic E-state index is -0.445. The molecule has 23 heavy (non-hydrogen) atoms. The zero-order chi connectivity index (χ0) is 16.4. The van der Waals surface area contributed by atoms with Crippen molar-refractivity contribution in [2.45, 2.75) is 24.3 Å². The number of thioether (sulfide) groups is 1. The van der Waals surface area contributed by atoms with E-state index >= 15 is 0 Å². The van der Waals surface area contributed by atoms with Crippen LogP contribution in [0.5, 0.6) is 0 Å². The summed E-state index contributed by atoms with van der Waals surface area (Å²) in [5.74, 6) is 1.13. The number of imidazole rings is 1. The first-order chi connectivity index (χ1) is 11.0. The van der Waals surface area contributed by atoms with Gasteiger partial charge in [-0.15, -0.1) is 0 Å². The smallest absolute Gasteiger partial charge is 0.271 e. The molecule has 0 aliphatic carbocycles. The number of fused-ring (bicyclic) bond motifs is 1. The number of hydrogen-bond donors (Lipinski definition) is 2. The average Bonchev–Trinajstić information content (AvgIpc) is 2.94. The molecule has 2 heterocycles. The summed E-state index contributed by atoms with van der Waals surface area (Å²) in [6.45, 7) is 1.93. The Labute approximate surface area is 134 Å². The van der Waals surface area contributed by atoms with E-state index in [1.807, 2.05) is 6.92 Å². The molecule has 0 amide bonds. The van der Waals surface area contributed by atoms with Crippen molar-refractivity contribution in [3.63, 3.8) is 0 Å². The van der Waals surface area contributed by atoms with Crippen LogP contribution in [0.2, 0.25) is 0 Å². The van der Waals surface area contributed by atoms with E-state index in [1.165, 1.54) is 30.0 Å². The SMILES string of the molecule is CCc1cc(=O)[nH]c(SCc2nc3ccc([N+](=O)[O-])cc3[nH]2)n1. The molecule has 1 aromatic carbocycles. The molecular weight excluding hydrogens is 318 g/mol. The predicted molar refractivity (Wildman–Crippen MR) is 86.5 cm³/mol. The molecule has 9 heteroatoms. The van der Waals surface area contributed by atoms with E-state index in [0.29, 0.717) is 34.2 Å². The molecule has 3 aromatic rings. The summed E-state index contributed by atoms with van der Waals surface area (Å²) in [7, 11) is 0. The van der Waals surface area contributed by atoms with Gasteiger partial charge in [0.2, 0.25) is 0 Å². The van der Waals surface area contributed by atoms with Crippen LogP contribution in [0.15, 0.2) is 34.2 Å². The number of nitro benzene ring substituents is 1. The van der Waals surface area contributed by atoms with E-state index in [1.54, 1.807) is 6.07 Å². The van der Waals surface area contributed by atoms with Crippen LogP contribution < -0.4 is 5.56 Å². The van der Waals surface area contributed by atoms with Crippen molar-refractivity contribution in [2.75, 3.05) is 0 Å². The topological polar surface area (TPSA) is 118 Å². The Hall–Kier alpha value is -2.68. The van der Waals surface area contributed by atoms with Crippen LogP contribution in [0.25, 0.3) is 11.0 Å². The number of nitrogens with one attached hydrogen (secondary N) is 2. The number of H-pyrrole nitrogens is 2. The van der Waals surface area contributed by atoms with E-state index < -0.39 is 4.92 Å². The molecule has 8 nitrogen and oxygen atoms in total. The van der Waals surface area contributed by atoms with Crippen molar-refractivity contribution in [1.29, 1.82) is 0 Å². The first-order valence-electron chi connectivity index (χ1n) is 6.91. The predicted octanol–water partition coefficient (Wildman–Crippen LogP) is 2.41. The minimum absolute atomic E-state index is 0.0157. The van der Waals surface area contributed by atoms with E-state index in [2.05, 4.69) is 19.9 Å². The van der Waals surface area contributed by atoms with Gasteiger partial charge >= 0.3 is 0 Å². The Kier molecular flexibility index (Phi) is 4.11. The number of aromatic nitrogens is 4. The van der Waals surface area contributed by atoms with Crippen molar-refractivity contribution in [3.8, 4) is 0 Å². The molecule has 2 aromatic heterocycles. The molecule has 0 unspecified atom stereocenters. The Morgan fingerprint density at radius 2 is 2.09 bits per heavy atom. The van der Waals surface area contributed by atoms with Gasteiger partial charge < -0.3 is 9.97 Å².